The molecule has 0 radical (unpaired) electrons. The molecule has 5 nitrogen and oxygen atoms in total. The van der Waals surface area contributed by atoms with E-state index in [1.165, 1.54) is 14.2 Å². The van der Waals surface area contributed by atoms with Crippen molar-refractivity contribution < 1.29 is 18.0 Å². The molecule has 6 heteroatoms. The number of rotatable bonds is 3. The summed E-state index contributed by atoms with van der Waals surface area (Å²) in [6.07, 6.45) is 0. The van der Waals surface area contributed by atoms with Crippen LogP contribution in [0.4, 0.5) is 0 Å². The van der Waals surface area contributed by atoms with Crippen molar-refractivity contribution in [2.24, 2.45) is 0 Å². The van der Waals surface area contributed by atoms with Crippen molar-refractivity contribution in [3.63, 3.8) is 0 Å². The van der Waals surface area contributed by atoms with Crippen molar-refractivity contribution in [2.75, 3.05) is 14.2 Å². The Balaban J connectivity index is 2.85. The second-order valence-corrected chi connectivity index (χ2v) is 5.52. The molecule has 2 rings (SSSR count). The lowest BCUT2D eigenvalue weighted by Gasteiger charge is -2.14. The third-order valence-electron chi connectivity index (χ3n) is 2.40. The summed E-state index contributed by atoms with van der Waals surface area (Å²) in [7, 11) is -0.923. The van der Waals surface area contributed by atoms with Gasteiger partial charge in [-0.3, -0.25) is 4.57 Å². The molecule has 1 aromatic heterocycles. The Morgan fingerprint density at radius 1 is 1.18 bits per heavy atom. The van der Waals surface area contributed by atoms with Gasteiger partial charge in [0, 0.05) is 25.7 Å². The van der Waals surface area contributed by atoms with Crippen LogP contribution in [0, 0.1) is 0 Å². The van der Waals surface area contributed by atoms with Gasteiger partial charge in [0.2, 0.25) is 0 Å². The molecule has 0 saturated carbocycles. The lowest BCUT2D eigenvalue weighted by molar-refractivity contribution is 0.287. The summed E-state index contributed by atoms with van der Waals surface area (Å²) in [5.41, 5.74) is -0.239. The number of para-hydroxylation sites is 1. The van der Waals surface area contributed by atoms with Gasteiger partial charge < -0.3 is 13.5 Å². The normalized spacial score (nSPS) is 11.9. The lowest BCUT2D eigenvalue weighted by atomic mass is 10.2. The van der Waals surface area contributed by atoms with Crippen LogP contribution in [-0.4, -0.2) is 14.2 Å². The molecule has 17 heavy (non-hydrogen) atoms. The standard InChI is InChI=1S/C11H11O5P/c1-14-17(13,15-2)10-7-11(12)16-9-6-4-3-5-8(9)10/h3-7H,1-2H3. The predicted molar refractivity (Wildman–Crippen MR) is 63.7 cm³/mol. The highest BCUT2D eigenvalue weighted by molar-refractivity contribution is 7.62. The molecule has 0 N–H and O–H groups in total. The first kappa shape index (κ1) is 12.0. The molecule has 0 fully saturated rings. The van der Waals surface area contributed by atoms with Gasteiger partial charge in [0.25, 0.3) is 0 Å². The Morgan fingerprint density at radius 2 is 1.82 bits per heavy atom. The van der Waals surface area contributed by atoms with Crippen LogP contribution in [-0.2, 0) is 13.6 Å². The molecule has 0 aliphatic rings. The quantitative estimate of drug-likeness (QED) is 0.618. The highest BCUT2D eigenvalue weighted by atomic mass is 31.2. The SMILES string of the molecule is COP(=O)(OC)c1cc(=O)oc2ccccc12. The van der Waals surface area contributed by atoms with E-state index in [1.54, 1.807) is 24.3 Å². The van der Waals surface area contributed by atoms with Crippen LogP contribution < -0.4 is 10.9 Å². The average molecular weight is 254 g/mol. The molecule has 0 unspecified atom stereocenters. The van der Waals surface area contributed by atoms with E-state index in [4.69, 9.17) is 13.5 Å². The Morgan fingerprint density at radius 3 is 2.47 bits per heavy atom. The zero-order valence-electron chi connectivity index (χ0n) is 9.38. The first-order valence-corrected chi connectivity index (χ1v) is 6.40. The van der Waals surface area contributed by atoms with Crippen LogP contribution in [0.3, 0.4) is 0 Å². The molecule has 0 saturated heterocycles. The van der Waals surface area contributed by atoms with E-state index in [-0.39, 0.29) is 5.30 Å². The highest BCUT2D eigenvalue weighted by Crippen LogP contribution is 2.46. The van der Waals surface area contributed by atoms with Crippen LogP contribution in [0.5, 0.6) is 0 Å². The first-order valence-electron chi connectivity index (χ1n) is 4.85. The smallest absolute Gasteiger partial charge is 0.361 e. The van der Waals surface area contributed by atoms with Crippen LogP contribution in [0.2, 0.25) is 0 Å². The molecule has 0 atom stereocenters. The van der Waals surface area contributed by atoms with Crippen LogP contribution in [0.15, 0.2) is 39.5 Å². The van der Waals surface area contributed by atoms with E-state index in [0.717, 1.165) is 6.07 Å². The number of hydrogen-bond acceptors (Lipinski definition) is 5. The van der Waals surface area contributed by atoms with Gasteiger partial charge in [-0.25, -0.2) is 4.79 Å². The molecular formula is C11H11O5P. The molecule has 0 spiro atoms. The van der Waals surface area contributed by atoms with E-state index < -0.39 is 13.2 Å². The van der Waals surface area contributed by atoms with Crippen molar-refractivity contribution in [1.82, 2.24) is 0 Å². The Labute approximate surface area is 97.5 Å². The van der Waals surface area contributed by atoms with Crippen LogP contribution in [0.1, 0.15) is 0 Å². The van der Waals surface area contributed by atoms with Crippen molar-refractivity contribution >= 4 is 23.9 Å². The number of hydrogen-bond donors (Lipinski definition) is 0. The summed E-state index contributed by atoms with van der Waals surface area (Å²) in [4.78, 5) is 11.4. The summed E-state index contributed by atoms with van der Waals surface area (Å²) in [6.45, 7) is 0. The lowest BCUT2D eigenvalue weighted by Crippen LogP contribution is -2.15. The zero-order chi connectivity index (χ0) is 12.5. The fourth-order valence-electron chi connectivity index (χ4n) is 1.59. The minimum atomic E-state index is -3.47. The van der Waals surface area contributed by atoms with E-state index in [9.17, 15) is 9.36 Å². The largest absolute Gasteiger partial charge is 0.423 e. The maximum absolute atomic E-state index is 12.3. The molecule has 0 aliphatic carbocycles. The fourth-order valence-corrected chi connectivity index (χ4v) is 2.88. The third kappa shape index (κ3) is 2.05. The summed E-state index contributed by atoms with van der Waals surface area (Å²) >= 11 is 0. The molecule has 0 bridgehead atoms. The van der Waals surface area contributed by atoms with Gasteiger partial charge in [-0.05, 0) is 6.07 Å². The average Bonchev–Trinajstić information content (AvgIpc) is 2.36. The molecule has 2 aromatic rings. The monoisotopic (exact) mass is 254 g/mol. The predicted octanol–water partition coefficient (Wildman–Crippen LogP) is 1.90. The minimum Gasteiger partial charge on any atom is -0.423 e. The van der Waals surface area contributed by atoms with Gasteiger partial charge in [0.1, 0.15) is 5.58 Å². The topological polar surface area (TPSA) is 65.7 Å². The zero-order valence-corrected chi connectivity index (χ0v) is 10.3. The van der Waals surface area contributed by atoms with Crippen molar-refractivity contribution in [3.8, 4) is 0 Å². The molecule has 0 amide bonds. The van der Waals surface area contributed by atoms with Gasteiger partial charge in [0.05, 0.1) is 5.30 Å². The molecular weight excluding hydrogens is 243 g/mol. The summed E-state index contributed by atoms with van der Waals surface area (Å²) in [6, 6.07) is 7.92. The Bertz CT molecular complexity index is 638. The molecule has 90 valence electrons. The molecule has 1 heterocycles. The second-order valence-electron chi connectivity index (χ2n) is 3.31. The summed E-state index contributed by atoms with van der Waals surface area (Å²) in [5, 5.41) is 0.758. The summed E-state index contributed by atoms with van der Waals surface area (Å²) in [5.74, 6) is 0. The van der Waals surface area contributed by atoms with Gasteiger partial charge in [-0.15, -0.1) is 0 Å². The van der Waals surface area contributed by atoms with Gasteiger partial charge >= 0.3 is 13.2 Å². The maximum atomic E-state index is 12.3. The third-order valence-corrected chi connectivity index (χ3v) is 4.33. The highest BCUT2D eigenvalue weighted by Gasteiger charge is 2.28. The van der Waals surface area contributed by atoms with Gasteiger partial charge in [-0.2, -0.15) is 0 Å². The Hall–Kier alpha value is -1.42. The van der Waals surface area contributed by atoms with E-state index in [1.807, 2.05) is 0 Å². The summed E-state index contributed by atoms with van der Waals surface area (Å²) < 4.78 is 27.1. The Kier molecular flexibility index (Phi) is 3.15. The van der Waals surface area contributed by atoms with Crippen LogP contribution >= 0.6 is 7.60 Å². The first-order chi connectivity index (χ1) is 8.10. The van der Waals surface area contributed by atoms with Crippen LogP contribution in [0.25, 0.3) is 11.0 Å². The van der Waals surface area contributed by atoms with E-state index >= 15 is 0 Å². The molecule has 0 aliphatic heterocycles. The van der Waals surface area contributed by atoms with Gasteiger partial charge in [0.15, 0.2) is 0 Å². The van der Waals surface area contributed by atoms with Crippen molar-refractivity contribution in [3.05, 3.63) is 40.8 Å². The van der Waals surface area contributed by atoms with E-state index in [0.29, 0.717) is 11.0 Å². The fraction of sp³-hybridized carbons (Fsp3) is 0.182. The van der Waals surface area contributed by atoms with Crippen molar-refractivity contribution in [2.45, 2.75) is 0 Å². The number of benzene rings is 1. The van der Waals surface area contributed by atoms with Gasteiger partial charge in [-0.1, -0.05) is 18.2 Å². The minimum absolute atomic E-state index is 0.217. The van der Waals surface area contributed by atoms with Crippen molar-refractivity contribution in [1.29, 1.82) is 0 Å². The second kappa shape index (κ2) is 4.45. The molecule has 1 aromatic carbocycles. The van der Waals surface area contributed by atoms with E-state index in [2.05, 4.69) is 0 Å². The number of fused-ring (bicyclic) bond motifs is 1. The maximum Gasteiger partial charge on any atom is 0.361 e.